The van der Waals surface area contributed by atoms with Crippen LogP contribution in [-0.2, 0) is 6.54 Å². The molecule has 1 amide bonds. The number of nitrogens with one attached hydrogen (secondary N) is 1. The van der Waals surface area contributed by atoms with Crippen molar-refractivity contribution < 1.29 is 4.79 Å². The van der Waals surface area contributed by atoms with Gasteiger partial charge in [-0.15, -0.1) is 0 Å². The molecule has 156 valence electrons. The van der Waals surface area contributed by atoms with E-state index in [-0.39, 0.29) is 5.91 Å². The van der Waals surface area contributed by atoms with E-state index in [1.165, 1.54) is 16.9 Å². The van der Waals surface area contributed by atoms with E-state index < -0.39 is 0 Å². The molecule has 0 aliphatic rings. The Labute approximate surface area is 185 Å². The standard InChI is InChI=1S/C24H23N5OS/c1-2-29(16-18-6-4-3-5-7-18)20-11-8-17(9-12-20)15-26-28-23(30)19-10-13-21-22(14-19)31-24(25)27-21/h3-15H,2,16H2,1H3,(H2,25,27)(H,28,30)/b26-15-. The van der Waals surface area contributed by atoms with Crippen molar-refractivity contribution in [3.8, 4) is 0 Å². The predicted octanol–water partition coefficient (Wildman–Crippen LogP) is 4.67. The van der Waals surface area contributed by atoms with Crippen LogP contribution in [0, 0.1) is 0 Å². The first kappa shape index (κ1) is 20.6. The second kappa shape index (κ2) is 9.40. The molecule has 1 heterocycles. The van der Waals surface area contributed by atoms with Gasteiger partial charge in [0.15, 0.2) is 5.13 Å². The smallest absolute Gasteiger partial charge is 0.271 e. The summed E-state index contributed by atoms with van der Waals surface area (Å²) in [6.45, 7) is 3.91. The van der Waals surface area contributed by atoms with E-state index >= 15 is 0 Å². The maximum atomic E-state index is 12.4. The number of nitrogens with two attached hydrogens (primary N) is 1. The molecule has 4 rings (SSSR count). The van der Waals surface area contributed by atoms with E-state index in [0.717, 1.165) is 34.6 Å². The first-order valence-electron chi connectivity index (χ1n) is 10.0. The van der Waals surface area contributed by atoms with E-state index in [1.54, 1.807) is 24.4 Å². The summed E-state index contributed by atoms with van der Waals surface area (Å²) in [6, 6.07) is 23.8. The molecule has 7 heteroatoms. The van der Waals surface area contributed by atoms with Crippen molar-refractivity contribution in [1.82, 2.24) is 10.4 Å². The van der Waals surface area contributed by atoms with Gasteiger partial charge < -0.3 is 10.6 Å². The van der Waals surface area contributed by atoms with Gasteiger partial charge in [0.25, 0.3) is 5.91 Å². The summed E-state index contributed by atoms with van der Waals surface area (Å²) in [5, 5.41) is 4.58. The summed E-state index contributed by atoms with van der Waals surface area (Å²) in [6.07, 6.45) is 1.64. The largest absolute Gasteiger partial charge is 0.375 e. The third kappa shape index (κ3) is 5.07. The Morgan fingerprint density at radius 3 is 2.65 bits per heavy atom. The fourth-order valence-corrected chi connectivity index (χ4v) is 4.05. The number of nitrogens with zero attached hydrogens (tertiary/aromatic N) is 3. The normalized spacial score (nSPS) is 11.1. The van der Waals surface area contributed by atoms with E-state index in [2.05, 4.69) is 63.7 Å². The van der Waals surface area contributed by atoms with Crippen LogP contribution in [0.3, 0.4) is 0 Å². The summed E-state index contributed by atoms with van der Waals surface area (Å²) in [4.78, 5) is 18.9. The number of hydrogen-bond donors (Lipinski definition) is 2. The Balaban J connectivity index is 1.37. The fourth-order valence-electron chi connectivity index (χ4n) is 3.27. The van der Waals surface area contributed by atoms with Gasteiger partial charge in [0.05, 0.1) is 16.4 Å². The molecule has 0 bridgehead atoms. The summed E-state index contributed by atoms with van der Waals surface area (Å²) in [5.74, 6) is -0.276. The second-order valence-corrected chi connectivity index (χ2v) is 8.09. The molecule has 0 spiro atoms. The fraction of sp³-hybridized carbons (Fsp3) is 0.125. The van der Waals surface area contributed by atoms with Crippen LogP contribution in [0.25, 0.3) is 10.2 Å². The van der Waals surface area contributed by atoms with Gasteiger partial charge in [-0.25, -0.2) is 10.4 Å². The Morgan fingerprint density at radius 2 is 1.90 bits per heavy atom. The zero-order valence-electron chi connectivity index (χ0n) is 17.2. The van der Waals surface area contributed by atoms with E-state index in [0.29, 0.717) is 10.7 Å². The van der Waals surface area contributed by atoms with Gasteiger partial charge in [0, 0.05) is 24.3 Å². The molecule has 1 aromatic heterocycles. The topological polar surface area (TPSA) is 83.6 Å². The molecule has 3 aromatic carbocycles. The lowest BCUT2D eigenvalue weighted by Gasteiger charge is -2.23. The number of hydrogen-bond acceptors (Lipinski definition) is 6. The van der Waals surface area contributed by atoms with Crippen molar-refractivity contribution in [2.24, 2.45) is 5.10 Å². The van der Waals surface area contributed by atoms with Crippen LogP contribution in [0.1, 0.15) is 28.4 Å². The van der Waals surface area contributed by atoms with Crippen molar-refractivity contribution in [1.29, 1.82) is 0 Å². The predicted molar refractivity (Wildman–Crippen MR) is 129 cm³/mol. The van der Waals surface area contributed by atoms with Crippen molar-refractivity contribution >= 4 is 44.5 Å². The van der Waals surface area contributed by atoms with Crippen LogP contribution < -0.4 is 16.1 Å². The lowest BCUT2D eigenvalue weighted by Crippen LogP contribution is -2.21. The third-order valence-corrected chi connectivity index (χ3v) is 5.75. The molecule has 3 N–H and O–H groups in total. The Morgan fingerprint density at radius 1 is 1.13 bits per heavy atom. The molecule has 4 aromatic rings. The number of nitrogen functional groups attached to an aromatic ring is 1. The maximum Gasteiger partial charge on any atom is 0.271 e. The zero-order chi connectivity index (χ0) is 21.6. The lowest BCUT2D eigenvalue weighted by atomic mass is 10.1. The molecule has 0 aliphatic carbocycles. The summed E-state index contributed by atoms with van der Waals surface area (Å²) < 4.78 is 0.876. The molecule has 6 nitrogen and oxygen atoms in total. The Hall–Kier alpha value is -3.71. The minimum absolute atomic E-state index is 0.276. The number of amides is 1. The van der Waals surface area contributed by atoms with E-state index in [4.69, 9.17) is 5.73 Å². The number of carbonyl (C=O) groups excluding carboxylic acids is 1. The van der Waals surface area contributed by atoms with Gasteiger partial charge in [-0.3, -0.25) is 4.79 Å². The molecule has 0 fully saturated rings. The second-order valence-electron chi connectivity index (χ2n) is 7.03. The number of benzene rings is 3. The molecule has 0 aliphatic heterocycles. The van der Waals surface area contributed by atoms with E-state index in [9.17, 15) is 4.79 Å². The average molecular weight is 430 g/mol. The van der Waals surface area contributed by atoms with Crippen LogP contribution in [-0.4, -0.2) is 23.7 Å². The maximum absolute atomic E-state index is 12.4. The summed E-state index contributed by atoms with van der Waals surface area (Å²) in [5.41, 5.74) is 12.9. The first-order valence-corrected chi connectivity index (χ1v) is 10.8. The quantitative estimate of drug-likeness (QED) is 0.330. The molecular weight excluding hydrogens is 406 g/mol. The van der Waals surface area contributed by atoms with Crippen LogP contribution in [0.2, 0.25) is 0 Å². The van der Waals surface area contributed by atoms with Crippen LogP contribution >= 0.6 is 11.3 Å². The zero-order valence-corrected chi connectivity index (χ0v) is 18.0. The highest BCUT2D eigenvalue weighted by Crippen LogP contribution is 2.24. The highest BCUT2D eigenvalue weighted by atomic mass is 32.1. The van der Waals surface area contributed by atoms with Gasteiger partial charge in [0.2, 0.25) is 0 Å². The van der Waals surface area contributed by atoms with Gasteiger partial charge in [0.1, 0.15) is 0 Å². The first-order chi connectivity index (χ1) is 15.1. The van der Waals surface area contributed by atoms with E-state index in [1.807, 2.05) is 18.2 Å². The van der Waals surface area contributed by atoms with Crippen LogP contribution in [0.4, 0.5) is 10.8 Å². The van der Waals surface area contributed by atoms with Crippen molar-refractivity contribution in [3.05, 3.63) is 89.5 Å². The van der Waals surface area contributed by atoms with Crippen molar-refractivity contribution in [3.63, 3.8) is 0 Å². The molecular formula is C24H23N5OS. The molecule has 31 heavy (non-hydrogen) atoms. The number of fused-ring (bicyclic) bond motifs is 1. The molecule has 0 unspecified atom stereocenters. The highest BCUT2D eigenvalue weighted by molar-refractivity contribution is 7.22. The minimum Gasteiger partial charge on any atom is -0.375 e. The number of carbonyl (C=O) groups is 1. The van der Waals surface area contributed by atoms with Crippen molar-refractivity contribution in [2.45, 2.75) is 13.5 Å². The average Bonchev–Trinajstić information content (AvgIpc) is 3.18. The van der Waals surface area contributed by atoms with Crippen LogP contribution in [0.15, 0.2) is 77.9 Å². The van der Waals surface area contributed by atoms with Gasteiger partial charge in [-0.1, -0.05) is 53.8 Å². The SMILES string of the molecule is CCN(Cc1ccccc1)c1ccc(/C=N\NC(=O)c2ccc3nc(N)sc3c2)cc1. The minimum atomic E-state index is -0.276. The number of aromatic nitrogens is 1. The third-order valence-electron chi connectivity index (χ3n) is 4.90. The monoisotopic (exact) mass is 429 g/mol. The number of thiazole rings is 1. The summed E-state index contributed by atoms with van der Waals surface area (Å²) in [7, 11) is 0. The lowest BCUT2D eigenvalue weighted by molar-refractivity contribution is 0.0955. The molecule has 0 saturated heterocycles. The number of rotatable bonds is 7. The number of hydrazone groups is 1. The molecule has 0 atom stereocenters. The van der Waals surface area contributed by atoms with Crippen LogP contribution in [0.5, 0.6) is 0 Å². The van der Waals surface area contributed by atoms with Gasteiger partial charge in [-0.2, -0.15) is 5.10 Å². The van der Waals surface area contributed by atoms with Gasteiger partial charge in [-0.05, 0) is 48.4 Å². The Kier molecular flexibility index (Phi) is 6.24. The highest BCUT2D eigenvalue weighted by Gasteiger charge is 2.08. The number of anilines is 2. The molecule has 0 saturated carbocycles. The Bertz CT molecular complexity index is 1200. The van der Waals surface area contributed by atoms with Crippen molar-refractivity contribution in [2.75, 3.05) is 17.2 Å². The summed E-state index contributed by atoms with van der Waals surface area (Å²) >= 11 is 1.35. The van der Waals surface area contributed by atoms with Gasteiger partial charge >= 0.3 is 0 Å². The molecule has 0 radical (unpaired) electrons.